The zero-order chi connectivity index (χ0) is 14.7. The highest BCUT2D eigenvalue weighted by Gasteiger charge is 2.22. The highest BCUT2D eigenvalue weighted by molar-refractivity contribution is 8.26. The number of amides is 1. The van der Waals surface area contributed by atoms with E-state index in [1.165, 1.54) is 18.9 Å². The summed E-state index contributed by atoms with van der Waals surface area (Å²) in [5, 5.41) is 2.99. The van der Waals surface area contributed by atoms with Crippen LogP contribution in [0, 0.1) is 0 Å². The van der Waals surface area contributed by atoms with Gasteiger partial charge >= 0.3 is 0 Å². The molecule has 1 fully saturated rings. The predicted octanol–water partition coefficient (Wildman–Crippen LogP) is 3.24. The average molecular weight is 330 g/mol. The minimum atomic E-state index is -0.204. The number of carbonyl (C=O) groups is 1. The first-order chi connectivity index (χ1) is 9.55. The van der Waals surface area contributed by atoms with Crippen LogP contribution in [0.5, 0.6) is 11.5 Å². The Labute approximate surface area is 131 Å². The molecule has 4 nitrogen and oxygen atoms in total. The van der Waals surface area contributed by atoms with E-state index < -0.39 is 0 Å². The van der Waals surface area contributed by atoms with E-state index >= 15 is 0 Å². The van der Waals surface area contributed by atoms with Gasteiger partial charge in [0.25, 0.3) is 5.91 Å². The smallest absolute Gasteiger partial charge is 0.263 e. The monoisotopic (exact) mass is 329 g/mol. The maximum absolute atomic E-state index is 11.6. The van der Waals surface area contributed by atoms with E-state index in [1.54, 1.807) is 18.2 Å². The number of thioether (sulfide) groups is 1. The number of benzene rings is 1. The molecule has 1 aliphatic heterocycles. The van der Waals surface area contributed by atoms with Gasteiger partial charge in [-0.25, -0.2) is 0 Å². The lowest BCUT2D eigenvalue weighted by molar-refractivity contribution is -0.115. The van der Waals surface area contributed by atoms with Crippen molar-refractivity contribution in [3.63, 3.8) is 0 Å². The molecule has 1 saturated heterocycles. The summed E-state index contributed by atoms with van der Waals surface area (Å²) in [6, 6.07) is 3.49. The number of ether oxygens (including phenoxy) is 2. The van der Waals surface area contributed by atoms with Crippen LogP contribution in [0.2, 0.25) is 5.02 Å². The van der Waals surface area contributed by atoms with E-state index in [4.69, 9.17) is 33.3 Å². The predicted molar refractivity (Wildman–Crippen MR) is 85.5 cm³/mol. The van der Waals surface area contributed by atoms with Crippen LogP contribution in [0.25, 0.3) is 6.08 Å². The van der Waals surface area contributed by atoms with E-state index in [-0.39, 0.29) is 5.91 Å². The Hall–Kier alpha value is -1.24. The molecule has 1 N–H and O–H groups in total. The number of halogens is 1. The maximum Gasteiger partial charge on any atom is 0.263 e. The lowest BCUT2D eigenvalue weighted by Crippen LogP contribution is -2.17. The van der Waals surface area contributed by atoms with Crippen LogP contribution in [-0.4, -0.2) is 23.9 Å². The van der Waals surface area contributed by atoms with Gasteiger partial charge in [0.2, 0.25) is 0 Å². The normalized spacial score (nSPS) is 16.4. The second-order valence-electron chi connectivity index (χ2n) is 3.82. The van der Waals surface area contributed by atoms with Gasteiger partial charge in [-0.15, -0.1) is 0 Å². The van der Waals surface area contributed by atoms with Gasteiger partial charge in [-0.2, -0.15) is 0 Å². The molecule has 0 spiro atoms. The van der Waals surface area contributed by atoms with Gasteiger partial charge in [0, 0.05) is 0 Å². The lowest BCUT2D eigenvalue weighted by atomic mass is 10.2. The van der Waals surface area contributed by atoms with E-state index in [2.05, 4.69) is 5.32 Å². The molecule has 7 heteroatoms. The molecule has 0 aromatic heterocycles. The van der Waals surface area contributed by atoms with Crippen molar-refractivity contribution in [3.05, 3.63) is 27.6 Å². The minimum Gasteiger partial charge on any atom is -0.491 e. The number of carbonyl (C=O) groups excluding carboxylic acids is 1. The molecule has 0 radical (unpaired) electrons. The Morgan fingerprint density at radius 2 is 2.25 bits per heavy atom. The molecule has 0 bridgehead atoms. The summed E-state index contributed by atoms with van der Waals surface area (Å²) < 4.78 is 11.1. The summed E-state index contributed by atoms with van der Waals surface area (Å²) in [6.45, 7) is 2.36. The molecule has 0 unspecified atom stereocenters. The molecule has 0 saturated carbocycles. The molecule has 0 atom stereocenters. The first-order valence-corrected chi connectivity index (χ1v) is 7.40. The maximum atomic E-state index is 11.6. The topological polar surface area (TPSA) is 47.6 Å². The van der Waals surface area contributed by atoms with Crippen LogP contribution in [0.4, 0.5) is 0 Å². The molecule has 1 aliphatic rings. The highest BCUT2D eigenvalue weighted by Crippen LogP contribution is 2.37. The van der Waals surface area contributed by atoms with E-state index in [9.17, 15) is 4.79 Å². The number of rotatable bonds is 4. The zero-order valence-electron chi connectivity index (χ0n) is 10.9. The molecular weight excluding hydrogens is 318 g/mol. The Morgan fingerprint density at radius 1 is 1.50 bits per heavy atom. The third-order valence-corrected chi connectivity index (χ3v) is 3.92. The summed E-state index contributed by atoms with van der Waals surface area (Å²) in [5.41, 5.74) is 0.751. The summed E-state index contributed by atoms with van der Waals surface area (Å²) in [4.78, 5) is 12.2. The van der Waals surface area contributed by atoms with Gasteiger partial charge in [0.05, 0.1) is 23.6 Å². The fourth-order valence-electron chi connectivity index (χ4n) is 1.70. The average Bonchev–Trinajstić information content (AvgIpc) is 2.68. The van der Waals surface area contributed by atoms with Gasteiger partial charge in [-0.05, 0) is 30.7 Å². The van der Waals surface area contributed by atoms with Crippen molar-refractivity contribution >= 4 is 51.9 Å². The minimum absolute atomic E-state index is 0.204. The van der Waals surface area contributed by atoms with Crippen LogP contribution in [0.3, 0.4) is 0 Å². The van der Waals surface area contributed by atoms with Gasteiger partial charge < -0.3 is 14.8 Å². The molecule has 1 aromatic carbocycles. The quantitative estimate of drug-likeness (QED) is 0.679. The summed E-state index contributed by atoms with van der Waals surface area (Å²) in [5.74, 6) is 0.819. The summed E-state index contributed by atoms with van der Waals surface area (Å²) >= 11 is 12.3. The first-order valence-electron chi connectivity index (χ1n) is 5.80. The molecule has 2 rings (SSSR count). The Balaban J connectivity index is 2.40. The zero-order valence-corrected chi connectivity index (χ0v) is 13.2. The second-order valence-corrected chi connectivity index (χ2v) is 5.95. The van der Waals surface area contributed by atoms with Gasteiger partial charge in [-0.1, -0.05) is 35.6 Å². The van der Waals surface area contributed by atoms with Gasteiger partial charge in [-0.3, -0.25) is 4.79 Å². The largest absolute Gasteiger partial charge is 0.491 e. The molecule has 20 heavy (non-hydrogen) atoms. The van der Waals surface area contributed by atoms with Crippen LogP contribution >= 0.6 is 35.6 Å². The Kier molecular flexibility index (Phi) is 4.91. The van der Waals surface area contributed by atoms with Crippen molar-refractivity contribution in [3.8, 4) is 11.5 Å². The van der Waals surface area contributed by atoms with Gasteiger partial charge in [0.15, 0.2) is 11.5 Å². The Morgan fingerprint density at radius 3 is 2.80 bits per heavy atom. The van der Waals surface area contributed by atoms with Crippen LogP contribution in [-0.2, 0) is 4.79 Å². The van der Waals surface area contributed by atoms with Gasteiger partial charge in [0.1, 0.15) is 4.32 Å². The number of thiocarbonyl (C=S) groups is 1. The fourth-order valence-corrected chi connectivity index (χ4v) is 3.05. The summed E-state index contributed by atoms with van der Waals surface area (Å²) in [6.07, 6.45) is 1.72. The molecule has 1 aromatic rings. The molecule has 1 amide bonds. The van der Waals surface area contributed by atoms with Crippen molar-refractivity contribution in [2.24, 2.45) is 0 Å². The third-order valence-electron chi connectivity index (χ3n) is 2.48. The fraction of sp³-hybridized carbons (Fsp3) is 0.231. The van der Waals surface area contributed by atoms with E-state index in [1.807, 2.05) is 6.92 Å². The van der Waals surface area contributed by atoms with Crippen molar-refractivity contribution in [1.29, 1.82) is 0 Å². The molecule has 1 heterocycles. The van der Waals surface area contributed by atoms with Crippen LogP contribution in [0.15, 0.2) is 17.0 Å². The highest BCUT2D eigenvalue weighted by atomic mass is 35.5. The Bertz CT molecular complexity index is 602. The number of hydrogen-bond acceptors (Lipinski definition) is 5. The van der Waals surface area contributed by atoms with Crippen molar-refractivity contribution in [2.45, 2.75) is 6.92 Å². The number of methoxy groups -OCH3 is 1. The van der Waals surface area contributed by atoms with Crippen molar-refractivity contribution in [1.82, 2.24) is 5.32 Å². The third kappa shape index (κ3) is 3.26. The number of nitrogens with one attached hydrogen (secondary N) is 1. The van der Waals surface area contributed by atoms with Crippen LogP contribution < -0.4 is 14.8 Å². The summed E-state index contributed by atoms with van der Waals surface area (Å²) in [7, 11) is 1.53. The molecule has 0 aliphatic carbocycles. The second kappa shape index (κ2) is 6.47. The standard InChI is InChI=1S/C13H12ClNO3S2/c1-3-18-9-5-7(4-8(14)11(9)17-2)6-10-12(16)15-13(19)20-10/h4-6H,3H2,1-2H3,(H,15,16,19)/b10-6-. The molecular formula is C13H12ClNO3S2. The van der Waals surface area contributed by atoms with Crippen molar-refractivity contribution < 1.29 is 14.3 Å². The number of hydrogen-bond donors (Lipinski definition) is 1. The van der Waals surface area contributed by atoms with Crippen LogP contribution in [0.1, 0.15) is 12.5 Å². The lowest BCUT2D eigenvalue weighted by Gasteiger charge is -2.11. The van der Waals surface area contributed by atoms with Crippen molar-refractivity contribution in [2.75, 3.05) is 13.7 Å². The van der Waals surface area contributed by atoms with E-state index in [0.717, 1.165) is 5.56 Å². The first kappa shape index (κ1) is 15.2. The molecule has 106 valence electrons. The SMILES string of the molecule is CCOc1cc(/C=C2\SC(=S)NC2=O)cc(Cl)c1OC. The van der Waals surface area contributed by atoms with E-state index in [0.29, 0.717) is 32.4 Å².